The minimum atomic E-state index is -0.0392. The lowest BCUT2D eigenvalue weighted by atomic mass is 9.82. The van der Waals surface area contributed by atoms with E-state index in [2.05, 4.69) is 183 Å². The van der Waals surface area contributed by atoms with Gasteiger partial charge in [0.15, 0.2) is 0 Å². The Morgan fingerprint density at radius 2 is 1.04 bits per heavy atom. The predicted octanol–water partition coefficient (Wildman–Crippen LogP) is 13.8. The molecule has 0 fully saturated rings. The second kappa shape index (κ2) is 11.3. The number of para-hydroxylation sites is 2. The van der Waals surface area contributed by atoms with Gasteiger partial charge in [0.05, 0.1) is 11.4 Å². The van der Waals surface area contributed by atoms with Gasteiger partial charge in [-0.15, -0.1) is 0 Å². The zero-order valence-corrected chi connectivity index (χ0v) is 28.6. The third-order valence-electron chi connectivity index (χ3n) is 10.9. The molecule has 9 aromatic rings. The zero-order chi connectivity index (χ0) is 34.1. The van der Waals surface area contributed by atoms with Crippen molar-refractivity contribution >= 4 is 49.8 Å². The van der Waals surface area contributed by atoms with Crippen LogP contribution in [0.25, 0.3) is 66.1 Å². The van der Waals surface area contributed by atoms with Gasteiger partial charge in [0.25, 0.3) is 0 Å². The van der Waals surface area contributed by atoms with E-state index in [1.54, 1.807) is 0 Å². The molecule has 1 aromatic heterocycles. The van der Waals surface area contributed by atoms with Crippen LogP contribution < -0.4 is 4.90 Å². The molecule has 242 valence electrons. The van der Waals surface area contributed by atoms with Crippen LogP contribution in [0.15, 0.2) is 180 Å². The lowest BCUT2D eigenvalue weighted by Gasteiger charge is -2.29. The highest BCUT2D eigenvalue weighted by molar-refractivity contribution is 6.07. The number of hydrogen-bond acceptors (Lipinski definition) is 2. The van der Waals surface area contributed by atoms with Gasteiger partial charge in [-0.05, 0) is 86.8 Å². The highest BCUT2D eigenvalue weighted by atomic mass is 16.3. The summed E-state index contributed by atoms with van der Waals surface area (Å²) in [4.78, 5) is 2.42. The molecule has 1 heterocycles. The normalized spacial score (nSPS) is 13.1. The first kappa shape index (κ1) is 29.5. The fraction of sp³-hybridized carbons (Fsp3) is 0.0612. The molecule has 0 saturated carbocycles. The van der Waals surface area contributed by atoms with Gasteiger partial charge in [-0.1, -0.05) is 147 Å². The Hall–Kier alpha value is -6.38. The van der Waals surface area contributed by atoms with E-state index in [0.29, 0.717) is 0 Å². The second-order valence-corrected chi connectivity index (χ2v) is 14.1. The molecule has 0 amide bonds. The maximum absolute atomic E-state index is 6.20. The monoisotopic (exact) mass is 653 g/mol. The Bertz CT molecular complexity index is 2780. The summed E-state index contributed by atoms with van der Waals surface area (Å²) in [5.74, 6) is 0. The van der Waals surface area contributed by atoms with Crippen molar-refractivity contribution in [1.82, 2.24) is 0 Å². The van der Waals surface area contributed by atoms with Crippen LogP contribution in [0.2, 0.25) is 0 Å². The van der Waals surface area contributed by atoms with E-state index in [4.69, 9.17) is 4.42 Å². The van der Waals surface area contributed by atoms with Crippen LogP contribution in [0.4, 0.5) is 17.1 Å². The fourth-order valence-electron chi connectivity index (χ4n) is 8.40. The molecule has 2 heteroatoms. The SMILES string of the molecule is CC1(C)c2ccccc2-c2c(-c3ccc(N(c4ccccc4-c4ccc5oc6ccccc6c5c4)c4cccc5ccccc45)cc3)cccc21. The smallest absolute Gasteiger partial charge is 0.135 e. The van der Waals surface area contributed by atoms with Crippen molar-refractivity contribution < 1.29 is 4.42 Å². The molecule has 10 rings (SSSR count). The van der Waals surface area contributed by atoms with E-state index < -0.39 is 0 Å². The lowest BCUT2D eigenvalue weighted by Crippen LogP contribution is -2.14. The molecule has 0 spiro atoms. The zero-order valence-electron chi connectivity index (χ0n) is 28.6. The van der Waals surface area contributed by atoms with Crippen molar-refractivity contribution in [3.63, 3.8) is 0 Å². The Balaban J connectivity index is 1.15. The van der Waals surface area contributed by atoms with E-state index in [1.165, 1.54) is 44.2 Å². The largest absolute Gasteiger partial charge is 0.456 e. The summed E-state index contributed by atoms with van der Waals surface area (Å²) in [7, 11) is 0. The molecule has 2 nitrogen and oxygen atoms in total. The predicted molar refractivity (Wildman–Crippen MR) is 214 cm³/mol. The molecule has 0 radical (unpaired) electrons. The van der Waals surface area contributed by atoms with Gasteiger partial charge in [0.1, 0.15) is 11.2 Å². The lowest BCUT2D eigenvalue weighted by molar-refractivity contribution is 0.660. The summed E-state index contributed by atoms with van der Waals surface area (Å²) in [6.07, 6.45) is 0. The highest BCUT2D eigenvalue weighted by Gasteiger charge is 2.36. The molecule has 0 aliphatic heterocycles. The Labute approximate surface area is 297 Å². The molecule has 8 aromatic carbocycles. The van der Waals surface area contributed by atoms with Crippen LogP contribution in [-0.2, 0) is 5.41 Å². The quantitative estimate of drug-likeness (QED) is 0.184. The molecular weight excluding hydrogens is 619 g/mol. The van der Waals surface area contributed by atoms with Gasteiger partial charge in [-0.25, -0.2) is 0 Å². The fourth-order valence-corrected chi connectivity index (χ4v) is 8.40. The molecule has 1 aliphatic carbocycles. The van der Waals surface area contributed by atoms with E-state index in [-0.39, 0.29) is 5.41 Å². The van der Waals surface area contributed by atoms with Gasteiger partial charge in [0.2, 0.25) is 0 Å². The van der Waals surface area contributed by atoms with Crippen LogP contribution >= 0.6 is 0 Å². The minimum Gasteiger partial charge on any atom is -0.456 e. The van der Waals surface area contributed by atoms with E-state index in [0.717, 1.165) is 50.1 Å². The molecular formula is C49H35NO. The number of hydrogen-bond donors (Lipinski definition) is 0. The summed E-state index contributed by atoms with van der Waals surface area (Å²) in [6, 6.07) is 63.7. The standard InChI is InChI=1S/C49H35NO/c1-49(2)42-20-8-5-18-40(42)48-38(19-12-21-43(48)49)33-25-28-35(29-26-33)50(45-23-11-14-32-13-3-4-15-36(32)45)44-22-9-6-16-37(44)34-27-30-47-41(31-34)39-17-7-10-24-46(39)51-47/h3-31H,1-2H3. The summed E-state index contributed by atoms with van der Waals surface area (Å²) in [5, 5.41) is 4.67. The number of benzene rings is 8. The average Bonchev–Trinajstić information content (AvgIpc) is 3.67. The summed E-state index contributed by atoms with van der Waals surface area (Å²) < 4.78 is 6.20. The van der Waals surface area contributed by atoms with Crippen LogP contribution in [-0.4, -0.2) is 0 Å². The molecule has 1 aliphatic rings. The maximum atomic E-state index is 6.20. The number of fused-ring (bicyclic) bond motifs is 7. The molecule has 51 heavy (non-hydrogen) atoms. The molecule has 0 unspecified atom stereocenters. The van der Waals surface area contributed by atoms with Crippen LogP contribution in [0.3, 0.4) is 0 Å². The maximum Gasteiger partial charge on any atom is 0.135 e. The average molecular weight is 654 g/mol. The molecule has 0 bridgehead atoms. The van der Waals surface area contributed by atoms with Gasteiger partial charge >= 0.3 is 0 Å². The first-order valence-electron chi connectivity index (χ1n) is 17.7. The van der Waals surface area contributed by atoms with Crippen LogP contribution in [0, 0.1) is 0 Å². The number of anilines is 3. The third kappa shape index (κ3) is 4.57. The van der Waals surface area contributed by atoms with Gasteiger partial charge < -0.3 is 9.32 Å². The van der Waals surface area contributed by atoms with Crippen molar-refractivity contribution in [1.29, 1.82) is 0 Å². The number of rotatable bonds is 5. The molecule has 0 saturated heterocycles. The van der Waals surface area contributed by atoms with E-state index in [9.17, 15) is 0 Å². The first-order valence-corrected chi connectivity index (χ1v) is 17.7. The summed E-state index contributed by atoms with van der Waals surface area (Å²) >= 11 is 0. The van der Waals surface area contributed by atoms with E-state index in [1.807, 2.05) is 12.1 Å². The van der Waals surface area contributed by atoms with Gasteiger partial charge in [0, 0.05) is 32.8 Å². The summed E-state index contributed by atoms with van der Waals surface area (Å²) in [6.45, 7) is 4.69. The van der Waals surface area contributed by atoms with Gasteiger partial charge in [-0.3, -0.25) is 0 Å². The Morgan fingerprint density at radius 1 is 0.431 bits per heavy atom. The number of furan rings is 1. The van der Waals surface area contributed by atoms with Crippen molar-refractivity contribution in [3.05, 3.63) is 187 Å². The van der Waals surface area contributed by atoms with Crippen molar-refractivity contribution in [2.24, 2.45) is 0 Å². The topological polar surface area (TPSA) is 16.4 Å². The van der Waals surface area contributed by atoms with Crippen LogP contribution in [0.1, 0.15) is 25.0 Å². The minimum absolute atomic E-state index is 0.0392. The van der Waals surface area contributed by atoms with Crippen molar-refractivity contribution in [3.8, 4) is 33.4 Å². The number of nitrogens with zero attached hydrogens (tertiary/aromatic N) is 1. The van der Waals surface area contributed by atoms with Gasteiger partial charge in [-0.2, -0.15) is 0 Å². The summed E-state index contributed by atoms with van der Waals surface area (Å²) in [5.41, 5.74) is 15.4. The van der Waals surface area contributed by atoms with Crippen molar-refractivity contribution in [2.45, 2.75) is 19.3 Å². The Kier molecular flexibility index (Phi) is 6.56. The highest BCUT2D eigenvalue weighted by Crippen LogP contribution is 2.52. The third-order valence-corrected chi connectivity index (χ3v) is 10.9. The molecule has 0 atom stereocenters. The van der Waals surface area contributed by atoms with E-state index >= 15 is 0 Å². The Morgan fingerprint density at radius 3 is 1.92 bits per heavy atom. The first-order chi connectivity index (χ1) is 25.1. The van der Waals surface area contributed by atoms with Crippen LogP contribution in [0.5, 0.6) is 0 Å². The second-order valence-electron chi connectivity index (χ2n) is 14.1. The molecule has 0 N–H and O–H groups in total. The van der Waals surface area contributed by atoms with Crippen molar-refractivity contribution in [2.75, 3.05) is 4.90 Å².